The Kier molecular flexibility index (Phi) is 7.80. The topological polar surface area (TPSA) is 71.1 Å². The second-order valence-corrected chi connectivity index (χ2v) is 8.22. The largest absolute Gasteiger partial charge is 0.349 e. The molecular weight excluding hydrogens is 382 g/mol. The number of nitrogens with one attached hydrogen (secondary N) is 2. The molecule has 0 radical (unpaired) electrons. The molecule has 27 heavy (non-hydrogen) atoms. The summed E-state index contributed by atoms with van der Waals surface area (Å²) in [6.07, 6.45) is 0.771. The van der Waals surface area contributed by atoms with E-state index in [0.29, 0.717) is 23.0 Å². The van der Waals surface area contributed by atoms with Crippen LogP contribution in [0.5, 0.6) is 0 Å². The van der Waals surface area contributed by atoms with Crippen LogP contribution in [0.25, 0.3) is 0 Å². The third kappa shape index (κ3) is 6.04. The first-order valence-electron chi connectivity index (χ1n) is 9.10. The van der Waals surface area contributed by atoms with Crippen LogP contribution in [0.4, 0.5) is 0 Å². The predicted octanol–water partition coefficient (Wildman–Crippen LogP) is 4.38. The van der Waals surface area contributed by atoms with Crippen molar-refractivity contribution in [2.45, 2.75) is 52.6 Å². The average Bonchev–Trinajstić information content (AvgIpc) is 3.13. The van der Waals surface area contributed by atoms with Crippen LogP contribution in [-0.2, 0) is 11.3 Å². The van der Waals surface area contributed by atoms with Gasteiger partial charge >= 0.3 is 0 Å². The van der Waals surface area contributed by atoms with Crippen LogP contribution >= 0.6 is 22.9 Å². The van der Waals surface area contributed by atoms with Crippen molar-refractivity contribution in [1.29, 1.82) is 0 Å². The number of benzene rings is 1. The quantitative estimate of drug-likeness (QED) is 0.682. The second kappa shape index (κ2) is 9.85. The Balaban J connectivity index is 2.02. The van der Waals surface area contributed by atoms with E-state index in [2.05, 4.69) is 29.5 Å². The number of hydrogen-bond donors (Lipinski definition) is 2. The molecule has 0 fully saturated rings. The Morgan fingerprint density at radius 3 is 2.41 bits per heavy atom. The molecule has 0 aliphatic rings. The van der Waals surface area contributed by atoms with Gasteiger partial charge in [-0.1, -0.05) is 45.7 Å². The highest BCUT2D eigenvalue weighted by atomic mass is 35.5. The summed E-state index contributed by atoms with van der Waals surface area (Å²) in [7, 11) is 0. The maximum atomic E-state index is 12.7. The first-order valence-corrected chi connectivity index (χ1v) is 10.4. The maximum absolute atomic E-state index is 12.7. The summed E-state index contributed by atoms with van der Waals surface area (Å²) in [5.74, 6) is -0.123. The van der Waals surface area contributed by atoms with Gasteiger partial charge in [0.1, 0.15) is 6.04 Å². The zero-order valence-electron chi connectivity index (χ0n) is 16.1. The summed E-state index contributed by atoms with van der Waals surface area (Å²) >= 11 is 7.46. The summed E-state index contributed by atoms with van der Waals surface area (Å²) in [6.45, 7) is 8.48. The first kappa shape index (κ1) is 21.4. The Morgan fingerprint density at radius 1 is 1.19 bits per heavy atom. The minimum atomic E-state index is -0.610. The fourth-order valence-corrected chi connectivity index (χ4v) is 3.45. The van der Waals surface area contributed by atoms with Crippen LogP contribution in [0, 0.1) is 5.92 Å². The monoisotopic (exact) mass is 407 g/mol. The zero-order valence-corrected chi connectivity index (χ0v) is 17.7. The number of thiazole rings is 1. The number of halogens is 1. The Morgan fingerprint density at radius 2 is 1.85 bits per heavy atom. The highest BCUT2D eigenvalue weighted by Gasteiger charge is 2.26. The fourth-order valence-electron chi connectivity index (χ4n) is 2.48. The van der Waals surface area contributed by atoms with E-state index in [9.17, 15) is 9.59 Å². The van der Waals surface area contributed by atoms with Crippen LogP contribution in [-0.4, -0.2) is 22.8 Å². The van der Waals surface area contributed by atoms with Gasteiger partial charge in [-0.05, 0) is 30.2 Å². The van der Waals surface area contributed by atoms with E-state index in [1.54, 1.807) is 35.6 Å². The number of carbonyl (C=O) groups excluding carboxylic acids is 2. The SMILES string of the molecule is CCC(C)C(NC(=O)c1ccc(Cl)cc1)C(=O)NCc1csc(C(C)C)n1. The van der Waals surface area contributed by atoms with Crippen molar-refractivity contribution < 1.29 is 9.59 Å². The molecule has 7 heteroatoms. The Hall–Kier alpha value is -1.92. The molecule has 2 atom stereocenters. The van der Waals surface area contributed by atoms with E-state index >= 15 is 0 Å². The fraction of sp³-hybridized carbons (Fsp3) is 0.450. The lowest BCUT2D eigenvalue weighted by molar-refractivity contribution is -0.124. The number of amides is 2. The van der Waals surface area contributed by atoms with Crippen LogP contribution in [0.2, 0.25) is 5.02 Å². The molecule has 2 rings (SSSR count). The molecule has 0 bridgehead atoms. The molecule has 1 aromatic carbocycles. The van der Waals surface area contributed by atoms with Gasteiger partial charge in [-0.3, -0.25) is 9.59 Å². The van der Waals surface area contributed by atoms with Crippen molar-refractivity contribution in [1.82, 2.24) is 15.6 Å². The first-order chi connectivity index (χ1) is 12.8. The summed E-state index contributed by atoms with van der Waals surface area (Å²) < 4.78 is 0. The number of nitrogens with zero attached hydrogens (tertiary/aromatic N) is 1. The average molecular weight is 408 g/mol. The molecule has 0 spiro atoms. The van der Waals surface area contributed by atoms with Gasteiger partial charge in [-0.15, -0.1) is 11.3 Å². The molecule has 0 aliphatic carbocycles. The van der Waals surface area contributed by atoms with E-state index in [1.165, 1.54) is 0 Å². The smallest absolute Gasteiger partial charge is 0.251 e. The lowest BCUT2D eigenvalue weighted by Crippen LogP contribution is -2.50. The van der Waals surface area contributed by atoms with Gasteiger partial charge in [0, 0.05) is 21.9 Å². The summed E-state index contributed by atoms with van der Waals surface area (Å²) in [5, 5.41) is 9.32. The van der Waals surface area contributed by atoms with Gasteiger partial charge in [0.2, 0.25) is 5.91 Å². The van der Waals surface area contributed by atoms with Crippen molar-refractivity contribution in [2.75, 3.05) is 0 Å². The van der Waals surface area contributed by atoms with Crippen LogP contribution in [0.3, 0.4) is 0 Å². The van der Waals surface area contributed by atoms with Crippen molar-refractivity contribution in [2.24, 2.45) is 5.92 Å². The van der Waals surface area contributed by atoms with Crippen molar-refractivity contribution >= 4 is 34.8 Å². The highest BCUT2D eigenvalue weighted by Crippen LogP contribution is 2.19. The third-order valence-electron chi connectivity index (χ3n) is 4.40. The maximum Gasteiger partial charge on any atom is 0.251 e. The molecule has 0 saturated heterocycles. The van der Waals surface area contributed by atoms with E-state index in [4.69, 9.17) is 11.6 Å². The highest BCUT2D eigenvalue weighted by molar-refractivity contribution is 7.09. The van der Waals surface area contributed by atoms with E-state index in [0.717, 1.165) is 17.1 Å². The molecule has 1 aromatic heterocycles. The van der Waals surface area contributed by atoms with Crippen LogP contribution < -0.4 is 10.6 Å². The molecule has 1 heterocycles. The molecule has 2 amide bonds. The summed E-state index contributed by atoms with van der Waals surface area (Å²) in [4.78, 5) is 29.7. The van der Waals surface area contributed by atoms with Gasteiger partial charge in [-0.25, -0.2) is 4.98 Å². The van der Waals surface area contributed by atoms with E-state index in [1.807, 2.05) is 19.2 Å². The van der Waals surface area contributed by atoms with Gasteiger partial charge in [0.05, 0.1) is 17.2 Å². The molecule has 0 saturated carbocycles. The standard InChI is InChI=1S/C20H26ClN3O2S/c1-5-13(4)17(24-18(25)14-6-8-15(21)9-7-14)19(26)22-10-16-11-27-20(23-16)12(2)3/h6-9,11-13,17H,5,10H2,1-4H3,(H,22,26)(H,24,25). The van der Waals surface area contributed by atoms with E-state index in [-0.39, 0.29) is 17.7 Å². The van der Waals surface area contributed by atoms with Crippen LogP contribution in [0.15, 0.2) is 29.6 Å². The number of carbonyl (C=O) groups is 2. The molecule has 2 N–H and O–H groups in total. The molecule has 0 aliphatic heterocycles. The van der Waals surface area contributed by atoms with Gasteiger partial charge in [-0.2, -0.15) is 0 Å². The second-order valence-electron chi connectivity index (χ2n) is 6.89. The van der Waals surface area contributed by atoms with E-state index < -0.39 is 6.04 Å². The van der Waals surface area contributed by atoms with Crippen molar-refractivity contribution in [3.63, 3.8) is 0 Å². The minimum absolute atomic E-state index is 0.00269. The minimum Gasteiger partial charge on any atom is -0.349 e. The normalized spacial score (nSPS) is 13.3. The molecule has 2 unspecified atom stereocenters. The molecular formula is C20H26ClN3O2S. The summed E-state index contributed by atoms with van der Waals surface area (Å²) in [6, 6.07) is 5.99. The number of aromatic nitrogens is 1. The zero-order chi connectivity index (χ0) is 20.0. The Labute approximate surface area is 169 Å². The molecule has 2 aromatic rings. The lowest BCUT2D eigenvalue weighted by Gasteiger charge is -2.23. The summed E-state index contributed by atoms with van der Waals surface area (Å²) in [5.41, 5.74) is 1.31. The molecule has 146 valence electrons. The number of hydrogen-bond acceptors (Lipinski definition) is 4. The predicted molar refractivity (Wildman–Crippen MR) is 110 cm³/mol. The Bertz CT molecular complexity index is 774. The van der Waals surface area contributed by atoms with Gasteiger partial charge in [0.25, 0.3) is 5.91 Å². The van der Waals surface area contributed by atoms with Crippen molar-refractivity contribution in [3.05, 3.63) is 50.9 Å². The van der Waals surface area contributed by atoms with Crippen molar-refractivity contribution in [3.8, 4) is 0 Å². The van der Waals surface area contributed by atoms with Gasteiger partial charge < -0.3 is 10.6 Å². The third-order valence-corrected chi connectivity index (χ3v) is 5.84. The number of rotatable bonds is 8. The van der Waals surface area contributed by atoms with Gasteiger partial charge in [0.15, 0.2) is 0 Å². The molecule has 5 nitrogen and oxygen atoms in total. The lowest BCUT2D eigenvalue weighted by atomic mass is 9.98. The van der Waals surface area contributed by atoms with Crippen LogP contribution in [0.1, 0.15) is 61.1 Å².